The lowest BCUT2D eigenvalue weighted by Gasteiger charge is -2.26. The number of quaternary nitrogens is 1. The van der Waals surface area contributed by atoms with Gasteiger partial charge in [0.25, 0.3) is 0 Å². The summed E-state index contributed by atoms with van der Waals surface area (Å²) in [5.41, 5.74) is 0. The second kappa shape index (κ2) is 61.1. The Morgan fingerprint density at radius 1 is 0.392 bits per heavy atom. The molecule has 0 heterocycles. The maximum Gasteiger partial charge on any atom is 0.306 e. The van der Waals surface area contributed by atoms with Gasteiger partial charge in [-0.25, -0.2) is 0 Å². The average molecular weight is 1110 g/mol. The van der Waals surface area contributed by atoms with Gasteiger partial charge in [-0.3, -0.25) is 9.59 Å². The van der Waals surface area contributed by atoms with Crippen LogP contribution in [0, 0.1) is 0 Å². The lowest BCUT2D eigenvalue weighted by atomic mass is 10.0. The highest BCUT2D eigenvalue weighted by Crippen LogP contribution is 2.18. The lowest BCUT2D eigenvalue weighted by molar-refractivity contribution is -0.870. The minimum Gasteiger partial charge on any atom is -0.545 e. The molecule has 0 spiro atoms. The summed E-state index contributed by atoms with van der Waals surface area (Å²) >= 11 is 0. The normalized spacial score (nSPS) is 13.1. The van der Waals surface area contributed by atoms with Gasteiger partial charge in [-0.15, -0.1) is 0 Å². The highest BCUT2D eigenvalue weighted by atomic mass is 16.7. The summed E-state index contributed by atoms with van der Waals surface area (Å²) in [6.45, 7) is 4.57. The molecule has 0 rings (SSSR count). The first kappa shape index (κ1) is 76.0. The number of allylic oxidation sites excluding steroid dienone is 10. The van der Waals surface area contributed by atoms with Gasteiger partial charge in [0.2, 0.25) is 0 Å². The van der Waals surface area contributed by atoms with Crippen molar-refractivity contribution >= 4 is 17.9 Å². The van der Waals surface area contributed by atoms with Crippen LogP contribution in [0.25, 0.3) is 0 Å². The Hall–Kier alpha value is -3.01. The number of carbonyl (C=O) groups is 3. The number of nitrogens with zero attached hydrogens (tertiary/aromatic N) is 1. The van der Waals surface area contributed by atoms with Crippen LogP contribution in [0.5, 0.6) is 0 Å². The smallest absolute Gasteiger partial charge is 0.306 e. The van der Waals surface area contributed by atoms with Crippen LogP contribution >= 0.6 is 0 Å². The van der Waals surface area contributed by atoms with Gasteiger partial charge in [0.15, 0.2) is 12.4 Å². The number of carboxylic acid groups (broad SMARTS) is 1. The Morgan fingerprint density at radius 3 is 1.13 bits per heavy atom. The van der Waals surface area contributed by atoms with Gasteiger partial charge >= 0.3 is 11.9 Å². The number of aliphatic carboxylic acids is 1. The fourth-order valence-electron chi connectivity index (χ4n) is 9.67. The number of carbonyl (C=O) groups excluding carboxylic acids is 3. The number of unbranched alkanes of at least 4 members (excludes halogenated alkanes) is 37. The van der Waals surface area contributed by atoms with Crippen molar-refractivity contribution in [3.8, 4) is 0 Å². The summed E-state index contributed by atoms with van der Waals surface area (Å²) in [5.74, 6) is -2.38. The van der Waals surface area contributed by atoms with Crippen LogP contribution in [0.3, 0.4) is 0 Å². The molecule has 2 unspecified atom stereocenters. The number of carboxylic acids is 1. The van der Waals surface area contributed by atoms with Crippen molar-refractivity contribution in [2.75, 3.05) is 47.5 Å². The summed E-state index contributed by atoms with van der Waals surface area (Å²) in [7, 11) is 5.90. The van der Waals surface area contributed by atoms with E-state index in [1.165, 1.54) is 231 Å². The summed E-state index contributed by atoms with van der Waals surface area (Å²) < 4.78 is 22.6. The number of ether oxygens (including phenoxy) is 4. The van der Waals surface area contributed by atoms with Gasteiger partial charge < -0.3 is 33.3 Å². The molecule has 9 nitrogen and oxygen atoms in total. The number of hydrogen-bond donors (Lipinski definition) is 0. The maximum absolute atomic E-state index is 12.8. The Labute approximate surface area is 488 Å². The standard InChI is InChI=1S/C70H127NO8/c1-6-8-10-12-14-16-18-20-21-22-23-24-25-26-27-28-29-30-31-32-33-34-35-36-37-38-39-40-41-42-43-44-45-46-47-49-50-52-54-56-58-60-67(72)77-64-66(65-78-70(69(74)75)76-63-62-71(3,4)5)79-68(73)61-59-57-55-53-51-48-19-17-15-13-11-9-7-2/h9,11,15,17,22-23,48,51,55,57,66,70H,6-8,10,12-14,16,18-21,24-47,49-50,52-54,56,58-65H2,1-5H3/b11-9-,17-15-,23-22-,51-48-,57-55-. The van der Waals surface area contributed by atoms with Gasteiger partial charge in [-0.05, 0) is 64.2 Å². The van der Waals surface area contributed by atoms with E-state index in [-0.39, 0.29) is 38.6 Å². The molecular formula is C70H127NO8. The fraction of sp³-hybridized carbons (Fsp3) is 0.814. The van der Waals surface area contributed by atoms with E-state index in [1.54, 1.807) is 0 Å². The molecule has 0 aromatic heterocycles. The van der Waals surface area contributed by atoms with E-state index in [2.05, 4.69) is 62.5 Å². The molecule has 0 amide bonds. The van der Waals surface area contributed by atoms with Crippen LogP contribution in [0.1, 0.15) is 309 Å². The SMILES string of the molecule is CC/C=C\C/C=C\C/C=C\C/C=C\CCC(=O)OC(COC(=O)CCCCCCCCCCCCCCCCCCCCCCCCCCCCCCC/C=C\CCCCCCCCCC)COC(OCC[N+](C)(C)C)C(=O)[O-]. The zero-order valence-corrected chi connectivity index (χ0v) is 52.5. The third kappa shape index (κ3) is 62.4. The first-order chi connectivity index (χ1) is 38.6. The molecule has 0 bridgehead atoms. The zero-order valence-electron chi connectivity index (χ0n) is 52.5. The molecule has 0 saturated carbocycles. The van der Waals surface area contributed by atoms with Gasteiger partial charge in [-0.1, -0.05) is 293 Å². The Balaban J connectivity index is 3.88. The van der Waals surface area contributed by atoms with Crippen LogP contribution in [0.2, 0.25) is 0 Å². The largest absolute Gasteiger partial charge is 0.545 e. The van der Waals surface area contributed by atoms with Crippen LogP contribution in [-0.4, -0.2) is 82.3 Å². The van der Waals surface area contributed by atoms with Crippen molar-refractivity contribution in [3.05, 3.63) is 60.8 Å². The molecule has 0 aliphatic heterocycles. The molecule has 0 fully saturated rings. The maximum atomic E-state index is 12.8. The Morgan fingerprint density at radius 2 is 0.747 bits per heavy atom. The molecule has 79 heavy (non-hydrogen) atoms. The molecular weight excluding hydrogens is 983 g/mol. The molecule has 0 saturated heterocycles. The molecule has 0 aromatic carbocycles. The van der Waals surface area contributed by atoms with E-state index in [9.17, 15) is 19.5 Å². The summed E-state index contributed by atoms with van der Waals surface area (Å²) in [5, 5.41) is 11.8. The topological polar surface area (TPSA) is 111 Å². The molecule has 0 N–H and O–H groups in total. The van der Waals surface area contributed by atoms with Crippen LogP contribution in [-0.2, 0) is 33.3 Å². The number of hydrogen-bond acceptors (Lipinski definition) is 8. The third-order valence-corrected chi connectivity index (χ3v) is 14.8. The monoisotopic (exact) mass is 1110 g/mol. The zero-order chi connectivity index (χ0) is 57.6. The number of rotatable bonds is 62. The van der Waals surface area contributed by atoms with Crippen LogP contribution in [0.15, 0.2) is 60.8 Å². The predicted octanol–water partition coefficient (Wildman–Crippen LogP) is 19.0. The molecule has 0 aliphatic carbocycles. The third-order valence-electron chi connectivity index (χ3n) is 14.8. The van der Waals surface area contributed by atoms with Crippen molar-refractivity contribution in [2.45, 2.75) is 322 Å². The van der Waals surface area contributed by atoms with Gasteiger partial charge in [0.05, 0.1) is 40.3 Å². The van der Waals surface area contributed by atoms with Crippen molar-refractivity contribution in [2.24, 2.45) is 0 Å². The van der Waals surface area contributed by atoms with Gasteiger partial charge in [0.1, 0.15) is 13.2 Å². The molecule has 2 atom stereocenters. The lowest BCUT2D eigenvalue weighted by Crippen LogP contribution is -2.44. The average Bonchev–Trinajstić information content (AvgIpc) is 3.42. The highest BCUT2D eigenvalue weighted by molar-refractivity contribution is 5.70. The number of likely N-dealkylation sites (N-methyl/N-ethyl adjacent to an activating group) is 1. The molecule has 0 radical (unpaired) electrons. The van der Waals surface area contributed by atoms with Crippen molar-refractivity contribution in [3.63, 3.8) is 0 Å². The fourth-order valence-corrected chi connectivity index (χ4v) is 9.67. The Kier molecular flexibility index (Phi) is 58.7. The summed E-state index contributed by atoms with van der Waals surface area (Å²) in [4.78, 5) is 37.2. The van der Waals surface area contributed by atoms with Crippen molar-refractivity contribution in [1.82, 2.24) is 0 Å². The second-order valence-corrected chi connectivity index (χ2v) is 23.7. The molecule has 460 valence electrons. The van der Waals surface area contributed by atoms with E-state index in [1.807, 2.05) is 33.3 Å². The second-order valence-electron chi connectivity index (χ2n) is 23.7. The summed E-state index contributed by atoms with van der Waals surface area (Å²) in [6.07, 6.45) is 76.6. The van der Waals surface area contributed by atoms with Crippen molar-refractivity contribution in [1.29, 1.82) is 0 Å². The first-order valence-electron chi connectivity index (χ1n) is 33.4. The minimum absolute atomic E-state index is 0.127. The molecule has 0 aromatic rings. The van der Waals surface area contributed by atoms with Crippen LogP contribution in [0.4, 0.5) is 0 Å². The van der Waals surface area contributed by atoms with E-state index in [4.69, 9.17) is 18.9 Å². The summed E-state index contributed by atoms with van der Waals surface area (Å²) in [6, 6.07) is 0. The van der Waals surface area contributed by atoms with E-state index >= 15 is 0 Å². The van der Waals surface area contributed by atoms with E-state index < -0.39 is 24.3 Å². The van der Waals surface area contributed by atoms with Gasteiger partial charge in [0, 0.05) is 12.8 Å². The van der Waals surface area contributed by atoms with E-state index in [0.29, 0.717) is 17.4 Å². The Bertz CT molecular complexity index is 1480. The molecule has 9 heteroatoms. The van der Waals surface area contributed by atoms with Crippen molar-refractivity contribution < 1.29 is 42.9 Å². The first-order valence-corrected chi connectivity index (χ1v) is 33.4. The number of esters is 2. The predicted molar refractivity (Wildman–Crippen MR) is 334 cm³/mol. The van der Waals surface area contributed by atoms with Crippen LogP contribution < -0.4 is 5.11 Å². The highest BCUT2D eigenvalue weighted by Gasteiger charge is 2.22. The van der Waals surface area contributed by atoms with E-state index in [0.717, 1.165) is 44.9 Å². The molecule has 0 aliphatic rings. The van der Waals surface area contributed by atoms with Gasteiger partial charge in [-0.2, -0.15) is 0 Å². The minimum atomic E-state index is -1.64. The quantitative estimate of drug-likeness (QED) is 0.0195.